The summed E-state index contributed by atoms with van der Waals surface area (Å²) in [5.41, 5.74) is 6.78. The molecule has 0 unspecified atom stereocenters. The second kappa shape index (κ2) is 7.58. The molecule has 1 aliphatic rings. The van der Waals surface area contributed by atoms with Crippen molar-refractivity contribution in [2.45, 2.75) is 6.42 Å². The van der Waals surface area contributed by atoms with Crippen LogP contribution in [0.15, 0.2) is 67.4 Å². The van der Waals surface area contributed by atoms with E-state index in [2.05, 4.69) is 49.5 Å². The van der Waals surface area contributed by atoms with E-state index in [9.17, 15) is 0 Å². The molecule has 8 heteroatoms. The number of pyridine rings is 1. The standard InChI is InChI=1S/C24H22N8/c1-31-14-18(12-28-31)22-13-27-24-23(29-19-6-7-20-16(10-19)4-3-9-26-20)30-21(15-32(22)24)17-5-2-8-25-11-17/h3-7,9-10,12-15,25H,2,8,11H2,1H3,(H,29,30). The molecular formula is C24H22N8. The van der Waals surface area contributed by atoms with Crippen LogP contribution in [-0.2, 0) is 7.05 Å². The summed E-state index contributed by atoms with van der Waals surface area (Å²) in [5.74, 6) is 0.715. The molecule has 0 saturated carbocycles. The number of hydrogen-bond donors (Lipinski definition) is 2. The lowest BCUT2D eigenvalue weighted by atomic mass is 10.1. The SMILES string of the molecule is Cn1cc(-c2cnc3c(Nc4ccc5ncccc5c4)nc(C4=CCCNC4)cn23)cn1. The molecule has 0 atom stereocenters. The van der Waals surface area contributed by atoms with Crippen LogP contribution >= 0.6 is 0 Å². The monoisotopic (exact) mass is 422 g/mol. The van der Waals surface area contributed by atoms with Crippen LogP contribution in [0.25, 0.3) is 33.4 Å². The fraction of sp³-hybridized carbons (Fsp3) is 0.167. The van der Waals surface area contributed by atoms with Crippen LogP contribution in [0.3, 0.4) is 0 Å². The summed E-state index contributed by atoms with van der Waals surface area (Å²) in [7, 11) is 1.92. The first kappa shape index (κ1) is 18.7. The van der Waals surface area contributed by atoms with Gasteiger partial charge in [-0.1, -0.05) is 12.1 Å². The third-order valence-corrected chi connectivity index (χ3v) is 5.71. The molecule has 1 aliphatic heterocycles. The van der Waals surface area contributed by atoms with Crippen LogP contribution in [0.1, 0.15) is 12.1 Å². The summed E-state index contributed by atoms with van der Waals surface area (Å²) in [6.45, 7) is 1.80. The molecule has 0 radical (unpaired) electrons. The summed E-state index contributed by atoms with van der Waals surface area (Å²) < 4.78 is 3.90. The highest BCUT2D eigenvalue weighted by molar-refractivity contribution is 5.85. The summed E-state index contributed by atoms with van der Waals surface area (Å²) in [6, 6.07) is 10.1. The van der Waals surface area contributed by atoms with Crippen molar-refractivity contribution in [2.24, 2.45) is 7.05 Å². The number of anilines is 2. The van der Waals surface area contributed by atoms with Gasteiger partial charge in [-0.2, -0.15) is 5.10 Å². The summed E-state index contributed by atoms with van der Waals surface area (Å²) >= 11 is 0. The van der Waals surface area contributed by atoms with Gasteiger partial charge in [0.15, 0.2) is 11.5 Å². The van der Waals surface area contributed by atoms with Gasteiger partial charge in [0, 0.05) is 48.8 Å². The molecule has 6 rings (SSSR count). The van der Waals surface area contributed by atoms with Crippen LogP contribution in [-0.4, -0.2) is 42.2 Å². The molecule has 4 aromatic heterocycles. The summed E-state index contributed by atoms with van der Waals surface area (Å²) in [4.78, 5) is 14.1. The molecule has 1 aromatic carbocycles. The van der Waals surface area contributed by atoms with E-state index in [4.69, 9.17) is 9.97 Å². The third kappa shape index (κ3) is 3.30. The minimum absolute atomic E-state index is 0.715. The average molecular weight is 422 g/mol. The number of imidazole rings is 1. The second-order valence-corrected chi connectivity index (χ2v) is 7.95. The van der Waals surface area contributed by atoms with Crippen molar-refractivity contribution in [3.8, 4) is 11.3 Å². The Labute approximate surface area is 184 Å². The first-order chi connectivity index (χ1) is 15.7. The zero-order chi connectivity index (χ0) is 21.5. The molecule has 0 spiro atoms. The number of benzene rings is 1. The zero-order valence-corrected chi connectivity index (χ0v) is 17.7. The summed E-state index contributed by atoms with van der Waals surface area (Å²) in [5, 5.41) is 12.3. The van der Waals surface area contributed by atoms with E-state index < -0.39 is 0 Å². The fourth-order valence-electron chi connectivity index (χ4n) is 4.12. The molecule has 0 bridgehead atoms. The Balaban J connectivity index is 1.50. The van der Waals surface area contributed by atoms with Gasteiger partial charge in [0.05, 0.1) is 29.3 Å². The average Bonchev–Trinajstić information content (AvgIpc) is 3.45. The van der Waals surface area contributed by atoms with E-state index in [1.165, 1.54) is 5.57 Å². The van der Waals surface area contributed by atoms with Gasteiger partial charge in [-0.3, -0.25) is 14.1 Å². The molecule has 0 amide bonds. The van der Waals surface area contributed by atoms with Crippen LogP contribution in [0.2, 0.25) is 0 Å². The number of nitrogens with one attached hydrogen (secondary N) is 2. The number of aromatic nitrogens is 6. The highest BCUT2D eigenvalue weighted by Gasteiger charge is 2.17. The predicted octanol–water partition coefficient (Wildman–Crippen LogP) is 3.80. The highest BCUT2D eigenvalue weighted by Crippen LogP contribution is 2.29. The van der Waals surface area contributed by atoms with Crippen molar-refractivity contribution in [3.05, 3.63) is 73.1 Å². The van der Waals surface area contributed by atoms with Crippen molar-refractivity contribution >= 4 is 33.6 Å². The normalized spacial score (nSPS) is 14.1. The van der Waals surface area contributed by atoms with Crippen LogP contribution in [0, 0.1) is 0 Å². The molecule has 0 fully saturated rings. The minimum Gasteiger partial charge on any atom is -0.337 e. The molecule has 2 N–H and O–H groups in total. The summed E-state index contributed by atoms with van der Waals surface area (Å²) in [6.07, 6.45) is 12.9. The maximum absolute atomic E-state index is 4.97. The molecule has 0 aliphatic carbocycles. The maximum Gasteiger partial charge on any atom is 0.180 e. The quantitative estimate of drug-likeness (QED) is 0.458. The molecule has 158 valence electrons. The molecule has 0 saturated heterocycles. The van der Waals surface area contributed by atoms with Crippen molar-refractivity contribution in [1.82, 2.24) is 34.4 Å². The smallest absolute Gasteiger partial charge is 0.180 e. The minimum atomic E-state index is 0.715. The lowest BCUT2D eigenvalue weighted by molar-refractivity contribution is 0.737. The maximum atomic E-state index is 4.97. The number of rotatable bonds is 4. The zero-order valence-electron chi connectivity index (χ0n) is 17.7. The first-order valence-electron chi connectivity index (χ1n) is 10.6. The van der Waals surface area contributed by atoms with Gasteiger partial charge in [-0.05, 0) is 42.8 Å². The van der Waals surface area contributed by atoms with Gasteiger partial charge in [0.25, 0.3) is 0 Å². The van der Waals surface area contributed by atoms with Gasteiger partial charge in [-0.25, -0.2) is 9.97 Å². The van der Waals surface area contributed by atoms with Gasteiger partial charge in [0.1, 0.15) is 0 Å². The molecular weight excluding hydrogens is 400 g/mol. The van der Waals surface area contributed by atoms with E-state index in [0.29, 0.717) is 5.82 Å². The largest absolute Gasteiger partial charge is 0.337 e. The Morgan fingerprint density at radius 2 is 2.06 bits per heavy atom. The molecule has 5 aromatic rings. The van der Waals surface area contributed by atoms with Crippen molar-refractivity contribution < 1.29 is 0 Å². The topological polar surface area (TPSA) is 85.0 Å². The Morgan fingerprint density at radius 1 is 1.09 bits per heavy atom. The van der Waals surface area contributed by atoms with Crippen molar-refractivity contribution in [2.75, 3.05) is 18.4 Å². The third-order valence-electron chi connectivity index (χ3n) is 5.71. The lowest BCUT2D eigenvalue weighted by Crippen LogP contribution is -2.22. The number of fused-ring (bicyclic) bond motifs is 2. The van der Waals surface area contributed by atoms with E-state index in [-0.39, 0.29) is 0 Å². The molecule has 32 heavy (non-hydrogen) atoms. The van der Waals surface area contributed by atoms with Crippen LogP contribution < -0.4 is 10.6 Å². The number of nitrogens with zero attached hydrogens (tertiary/aromatic N) is 6. The number of aryl methyl sites for hydroxylation is 1. The van der Waals surface area contributed by atoms with E-state index >= 15 is 0 Å². The van der Waals surface area contributed by atoms with Crippen molar-refractivity contribution in [1.29, 1.82) is 0 Å². The Hall–Kier alpha value is -4.04. The second-order valence-electron chi connectivity index (χ2n) is 7.95. The fourth-order valence-corrected chi connectivity index (χ4v) is 4.12. The van der Waals surface area contributed by atoms with E-state index in [0.717, 1.165) is 58.7 Å². The molecule has 5 heterocycles. The number of hydrogen-bond acceptors (Lipinski definition) is 6. The first-order valence-corrected chi connectivity index (χ1v) is 10.6. The highest BCUT2D eigenvalue weighted by atomic mass is 15.2. The van der Waals surface area contributed by atoms with Gasteiger partial charge in [0.2, 0.25) is 0 Å². The Kier molecular flexibility index (Phi) is 4.43. The Bertz CT molecular complexity index is 1480. The van der Waals surface area contributed by atoms with Gasteiger partial charge >= 0.3 is 0 Å². The van der Waals surface area contributed by atoms with E-state index in [1.54, 1.807) is 10.9 Å². The van der Waals surface area contributed by atoms with Crippen LogP contribution in [0.4, 0.5) is 11.5 Å². The lowest BCUT2D eigenvalue weighted by Gasteiger charge is -2.16. The van der Waals surface area contributed by atoms with Gasteiger partial charge in [-0.15, -0.1) is 0 Å². The molecule has 8 nitrogen and oxygen atoms in total. The van der Waals surface area contributed by atoms with Crippen molar-refractivity contribution in [3.63, 3.8) is 0 Å². The predicted molar refractivity (Wildman–Crippen MR) is 126 cm³/mol. The van der Waals surface area contributed by atoms with Gasteiger partial charge < -0.3 is 10.6 Å². The van der Waals surface area contributed by atoms with Crippen LogP contribution in [0.5, 0.6) is 0 Å². The Morgan fingerprint density at radius 3 is 2.91 bits per heavy atom. The van der Waals surface area contributed by atoms with E-state index in [1.807, 2.05) is 43.8 Å².